The number of hydrogen-bond donors (Lipinski definition) is 1. The number of ether oxygens (including phenoxy) is 1. The first kappa shape index (κ1) is 15.0. The van der Waals surface area contributed by atoms with Gasteiger partial charge < -0.3 is 10.1 Å². The molecule has 106 valence electrons. The minimum Gasteiger partial charge on any atom is -0.488 e. The van der Waals surface area contributed by atoms with Gasteiger partial charge in [-0.05, 0) is 43.8 Å². The summed E-state index contributed by atoms with van der Waals surface area (Å²) in [5, 5.41) is 3.04. The molecule has 4 heteroatoms. The van der Waals surface area contributed by atoms with Crippen molar-refractivity contribution in [1.82, 2.24) is 5.32 Å². The molecule has 0 bridgehead atoms. The van der Waals surface area contributed by atoms with Crippen molar-refractivity contribution in [2.45, 2.75) is 19.6 Å². The maximum Gasteiger partial charge on any atom is 0.131 e. The average molecular weight is 338 g/mol. The molecule has 2 aromatic carbocycles. The van der Waals surface area contributed by atoms with Crippen LogP contribution < -0.4 is 10.1 Å². The summed E-state index contributed by atoms with van der Waals surface area (Å²) in [6, 6.07) is 12.7. The molecule has 2 rings (SSSR count). The van der Waals surface area contributed by atoms with Crippen molar-refractivity contribution in [2.75, 3.05) is 7.05 Å². The highest BCUT2D eigenvalue weighted by Gasteiger charge is 2.15. The Labute approximate surface area is 127 Å². The molecule has 0 fully saturated rings. The molecule has 2 nitrogen and oxygen atoms in total. The van der Waals surface area contributed by atoms with Crippen molar-refractivity contribution in [3.05, 3.63) is 63.9 Å². The lowest BCUT2D eigenvalue weighted by Crippen LogP contribution is -2.15. The van der Waals surface area contributed by atoms with Crippen LogP contribution in [0.2, 0.25) is 0 Å². The summed E-state index contributed by atoms with van der Waals surface area (Å²) in [6.07, 6.45) is 0. The summed E-state index contributed by atoms with van der Waals surface area (Å²) in [7, 11) is 1.80. The summed E-state index contributed by atoms with van der Waals surface area (Å²) in [4.78, 5) is 0. The van der Waals surface area contributed by atoms with Crippen molar-refractivity contribution < 1.29 is 9.13 Å². The number of hydrogen-bond acceptors (Lipinski definition) is 2. The molecular formula is C16H17BrFNO. The third-order valence-corrected chi connectivity index (χ3v) is 3.72. The monoisotopic (exact) mass is 337 g/mol. The van der Waals surface area contributed by atoms with Gasteiger partial charge in [-0.2, -0.15) is 0 Å². The molecule has 20 heavy (non-hydrogen) atoms. The van der Waals surface area contributed by atoms with Crippen LogP contribution in [-0.2, 0) is 6.61 Å². The van der Waals surface area contributed by atoms with Gasteiger partial charge >= 0.3 is 0 Å². The van der Waals surface area contributed by atoms with Crippen molar-refractivity contribution >= 4 is 15.9 Å². The van der Waals surface area contributed by atoms with E-state index in [4.69, 9.17) is 4.74 Å². The number of nitrogens with one attached hydrogen (secondary N) is 1. The second-order valence-corrected chi connectivity index (χ2v) is 5.49. The Hall–Kier alpha value is -1.39. The van der Waals surface area contributed by atoms with E-state index in [9.17, 15) is 4.39 Å². The number of benzene rings is 2. The molecule has 0 aromatic heterocycles. The summed E-state index contributed by atoms with van der Waals surface area (Å²) in [5.74, 6) is 0.329. The first-order chi connectivity index (χ1) is 9.61. The maximum atomic E-state index is 13.9. The lowest BCUT2D eigenvalue weighted by Gasteiger charge is -2.17. The molecule has 1 N–H and O–H groups in total. The van der Waals surface area contributed by atoms with Gasteiger partial charge in [0.05, 0.1) is 0 Å². The van der Waals surface area contributed by atoms with E-state index >= 15 is 0 Å². The summed E-state index contributed by atoms with van der Waals surface area (Å²) in [6.45, 7) is 2.32. The van der Waals surface area contributed by atoms with Gasteiger partial charge in [-0.25, -0.2) is 4.39 Å². The quantitative estimate of drug-likeness (QED) is 0.870. The molecule has 0 saturated heterocycles. The molecule has 0 aliphatic heterocycles. The van der Waals surface area contributed by atoms with E-state index in [1.54, 1.807) is 19.2 Å². The molecule has 0 heterocycles. The Morgan fingerprint density at radius 1 is 1.20 bits per heavy atom. The van der Waals surface area contributed by atoms with Gasteiger partial charge in [0.15, 0.2) is 0 Å². The molecule has 0 aliphatic rings. The third-order valence-electron chi connectivity index (χ3n) is 3.19. The van der Waals surface area contributed by atoms with Crippen molar-refractivity contribution in [2.24, 2.45) is 0 Å². The maximum absolute atomic E-state index is 13.9. The molecule has 0 saturated carbocycles. The fourth-order valence-electron chi connectivity index (χ4n) is 1.95. The highest BCUT2D eigenvalue weighted by Crippen LogP contribution is 2.28. The van der Waals surface area contributed by atoms with Crippen LogP contribution in [0, 0.1) is 5.82 Å². The third kappa shape index (κ3) is 3.58. The molecule has 0 amide bonds. The smallest absolute Gasteiger partial charge is 0.131 e. The van der Waals surface area contributed by atoms with Crippen LogP contribution in [-0.4, -0.2) is 7.05 Å². The molecule has 0 spiro atoms. The van der Waals surface area contributed by atoms with Gasteiger partial charge in [-0.15, -0.1) is 0 Å². The minimum atomic E-state index is -0.250. The molecule has 0 aliphatic carbocycles. The number of rotatable bonds is 5. The van der Waals surface area contributed by atoms with E-state index in [0.717, 1.165) is 10.0 Å². The predicted molar refractivity (Wildman–Crippen MR) is 82.3 cm³/mol. The lowest BCUT2D eigenvalue weighted by atomic mass is 10.1. The normalized spacial score (nSPS) is 12.2. The SMILES string of the molecule is CNC(C)c1c(F)cccc1OCc1ccc(Br)cc1. The topological polar surface area (TPSA) is 21.3 Å². The molecule has 0 radical (unpaired) electrons. The van der Waals surface area contributed by atoms with E-state index in [1.165, 1.54) is 6.07 Å². The van der Waals surface area contributed by atoms with Gasteiger partial charge in [-0.3, -0.25) is 0 Å². The van der Waals surface area contributed by atoms with Crippen molar-refractivity contribution in [3.8, 4) is 5.75 Å². The molecular weight excluding hydrogens is 321 g/mol. The van der Waals surface area contributed by atoms with Gasteiger partial charge in [0.25, 0.3) is 0 Å². The van der Waals surface area contributed by atoms with E-state index < -0.39 is 0 Å². The highest BCUT2D eigenvalue weighted by atomic mass is 79.9. The molecule has 1 atom stereocenters. The predicted octanol–water partition coefficient (Wildman–Crippen LogP) is 4.45. The Kier molecular flexibility index (Phi) is 5.15. The second kappa shape index (κ2) is 6.86. The van der Waals surface area contributed by atoms with Crippen LogP contribution in [0.5, 0.6) is 5.75 Å². The van der Waals surface area contributed by atoms with E-state index in [1.807, 2.05) is 31.2 Å². The fourth-order valence-corrected chi connectivity index (χ4v) is 2.21. The van der Waals surface area contributed by atoms with Crippen LogP contribution in [0.15, 0.2) is 46.9 Å². The highest BCUT2D eigenvalue weighted by molar-refractivity contribution is 9.10. The number of halogens is 2. The Morgan fingerprint density at radius 2 is 1.90 bits per heavy atom. The van der Waals surface area contributed by atoms with Gasteiger partial charge in [0.2, 0.25) is 0 Å². The van der Waals surface area contributed by atoms with E-state index in [-0.39, 0.29) is 11.9 Å². The van der Waals surface area contributed by atoms with Crippen LogP contribution in [0.3, 0.4) is 0 Å². The van der Waals surface area contributed by atoms with Gasteiger partial charge in [0, 0.05) is 16.1 Å². The van der Waals surface area contributed by atoms with Crippen molar-refractivity contribution in [3.63, 3.8) is 0 Å². The van der Waals surface area contributed by atoms with Crippen LogP contribution in [0.4, 0.5) is 4.39 Å². The van der Waals surface area contributed by atoms with Crippen molar-refractivity contribution in [1.29, 1.82) is 0 Å². The zero-order chi connectivity index (χ0) is 14.5. The van der Waals surface area contributed by atoms with Gasteiger partial charge in [-0.1, -0.05) is 34.1 Å². The Morgan fingerprint density at radius 3 is 2.55 bits per heavy atom. The first-order valence-corrected chi connectivity index (χ1v) is 7.24. The summed E-state index contributed by atoms with van der Waals surface area (Å²) < 4.78 is 20.7. The standard InChI is InChI=1S/C16H17BrFNO/c1-11(19-2)16-14(18)4-3-5-15(16)20-10-12-6-8-13(17)9-7-12/h3-9,11,19H,10H2,1-2H3. The van der Waals surface area contributed by atoms with Crippen LogP contribution in [0.25, 0.3) is 0 Å². The van der Waals surface area contributed by atoms with Gasteiger partial charge in [0.1, 0.15) is 18.2 Å². The minimum absolute atomic E-state index is 0.101. The second-order valence-electron chi connectivity index (χ2n) is 4.58. The Balaban J connectivity index is 2.17. The fraction of sp³-hybridized carbons (Fsp3) is 0.250. The van der Waals surface area contributed by atoms with E-state index in [0.29, 0.717) is 17.9 Å². The van der Waals surface area contributed by atoms with Crippen LogP contribution in [0.1, 0.15) is 24.1 Å². The Bertz CT molecular complexity index is 571. The zero-order valence-corrected chi connectivity index (χ0v) is 13.1. The first-order valence-electron chi connectivity index (χ1n) is 6.44. The summed E-state index contributed by atoms with van der Waals surface area (Å²) >= 11 is 3.39. The average Bonchev–Trinajstić information content (AvgIpc) is 2.46. The van der Waals surface area contributed by atoms with Crippen LogP contribution >= 0.6 is 15.9 Å². The largest absolute Gasteiger partial charge is 0.488 e. The zero-order valence-electron chi connectivity index (χ0n) is 11.5. The van der Waals surface area contributed by atoms with E-state index in [2.05, 4.69) is 21.2 Å². The lowest BCUT2D eigenvalue weighted by molar-refractivity contribution is 0.297. The molecule has 1 unspecified atom stereocenters. The molecule has 2 aromatic rings. The summed E-state index contributed by atoms with van der Waals surface area (Å²) in [5.41, 5.74) is 1.60.